The van der Waals surface area contributed by atoms with E-state index in [1.54, 1.807) is 32.5 Å². The number of fused-ring (bicyclic) bond motifs is 1. The molecule has 1 N–H and O–H groups in total. The highest BCUT2D eigenvalue weighted by molar-refractivity contribution is 7.99. The molecule has 0 fully saturated rings. The molecule has 0 saturated carbocycles. The molecule has 0 radical (unpaired) electrons. The standard InChI is InChI=1S/C29H30N6O4S2/c1-6-40-28-30-22-17(2)41-24(26(36)38-16-39-27(37)29(3,4)5)23(22)35(28)15-18-11-13-19(14-12-18)20-9-7-8-10-21(20)25-31-33-34-32-25/h7-14H,6,15-16H2,1-5H3,(H,31,32,33,34). The zero-order valence-electron chi connectivity index (χ0n) is 23.4. The lowest BCUT2D eigenvalue weighted by molar-refractivity contribution is -0.161. The molecule has 10 nitrogen and oxygen atoms in total. The van der Waals surface area contributed by atoms with Crippen LogP contribution >= 0.6 is 23.1 Å². The zero-order valence-corrected chi connectivity index (χ0v) is 25.1. The van der Waals surface area contributed by atoms with Crippen molar-refractivity contribution in [1.29, 1.82) is 0 Å². The zero-order chi connectivity index (χ0) is 29.1. The van der Waals surface area contributed by atoms with E-state index in [0.717, 1.165) is 49.1 Å². The van der Waals surface area contributed by atoms with Crippen molar-refractivity contribution in [3.63, 3.8) is 0 Å². The maximum Gasteiger partial charge on any atom is 0.353 e. The van der Waals surface area contributed by atoms with Gasteiger partial charge in [0.1, 0.15) is 10.4 Å². The van der Waals surface area contributed by atoms with E-state index in [4.69, 9.17) is 14.5 Å². The third-order valence-corrected chi connectivity index (χ3v) is 8.24. The van der Waals surface area contributed by atoms with Gasteiger partial charge in [0.15, 0.2) is 11.0 Å². The predicted molar refractivity (Wildman–Crippen MR) is 159 cm³/mol. The molecule has 41 heavy (non-hydrogen) atoms. The van der Waals surface area contributed by atoms with Crippen LogP contribution in [-0.2, 0) is 20.8 Å². The van der Waals surface area contributed by atoms with Crippen LogP contribution in [0.1, 0.15) is 47.8 Å². The molecule has 3 aromatic heterocycles. The number of benzene rings is 2. The van der Waals surface area contributed by atoms with Crippen LogP contribution in [0.3, 0.4) is 0 Å². The molecule has 0 bridgehead atoms. The third kappa shape index (κ3) is 6.03. The number of aromatic nitrogens is 6. The van der Waals surface area contributed by atoms with Crippen LogP contribution in [-0.4, -0.2) is 54.7 Å². The van der Waals surface area contributed by atoms with E-state index in [1.165, 1.54) is 11.3 Å². The van der Waals surface area contributed by atoms with E-state index in [0.29, 0.717) is 17.2 Å². The summed E-state index contributed by atoms with van der Waals surface area (Å²) >= 11 is 2.95. The molecule has 5 rings (SSSR count). The van der Waals surface area contributed by atoms with Crippen LogP contribution in [0.5, 0.6) is 0 Å². The third-order valence-electron chi connectivity index (χ3n) is 6.32. The van der Waals surface area contributed by atoms with Crippen molar-refractivity contribution in [3.8, 4) is 22.5 Å². The second-order valence-corrected chi connectivity index (χ2v) is 12.8. The minimum Gasteiger partial charge on any atom is -0.427 e. The summed E-state index contributed by atoms with van der Waals surface area (Å²) in [6, 6.07) is 16.2. The predicted octanol–water partition coefficient (Wildman–Crippen LogP) is 6.12. The first-order chi connectivity index (χ1) is 19.7. The van der Waals surface area contributed by atoms with Gasteiger partial charge in [-0.25, -0.2) is 14.9 Å². The summed E-state index contributed by atoms with van der Waals surface area (Å²) < 4.78 is 12.6. The molecule has 0 unspecified atom stereocenters. The van der Waals surface area contributed by atoms with E-state index in [9.17, 15) is 9.59 Å². The lowest BCUT2D eigenvalue weighted by Crippen LogP contribution is -2.24. The molecular formula is C29H30N6O4S2. The van der Waals surface area contributed by atoms with Gasteiger partial charge in [0.25, 0.3) is 0 Å². The average molecular weight is 591 g/mol. The van der Waals surface area contributed by atoms with E-state index in [-0.39, 0.29) is 0 Å². The van der Waals surface area contributed by atoms with E-state index in [2.05, 4.69) is 56.4 Å². The Balaban J connectivity index is 1.43. The lowest BCUT2D eigenvalue weighted by Gasteiger charge is -2.16. The summed E-state index contributed by atoms with van der Waals surface area (Å²) in [4.78, 5) is 31.4. The molecule has 0 aliphatic rings. The summed E-state index contributed by atoms with van der Waals surface area (Å²) in [6.07, 6.45) is 0. The minimum atomic E-state index is -0.686. The monoisotopic (exact) mass is 590 g/mol. The number of hydrogen-bond acceptors (Lipinski definition) is 10. The molecule has 0 saturated heterocycles. The number of H-pyrrole nitrogens is 1. The number of nitrogens with one attached hydrogen (secondary N) is 1. The van der Waals surface area contributed by atoms with Gasteiger partial charge >= 0.3 is 11.9 Å². The van der Waals surface area contributed by atoms with Crippen LogP contribution < -0.4 is 0 Å². The number of thiophene rings is 1. The van der Waals surface area contributed by atoms with Gasteiger partial charge in [-0.2, -0.15) is 0 Å². The van der Waals surface area contributed by atoms with Crippen molar-refractivity contribution in [2.24, 2.45) is 5.41 Å². The van der Waals surface area contributed by atoms with Gasteiger partial charge in [-0.3, -0.25) is 4.79 Å². The Morgan fingerprint density at radius 3 is 2.44 bits per heavy atom. The van der Waals surface area contributed by atoms with E-state index in [1.807, 2.05) is 31.2 Å². The van der Waals surface area contributed by atoms with Crippen molar-refractivity contribution >= 4 is 46.1 Å². The smallest absolute Gasteiger partial charge is 0.353 e. The van der Waals surface area contributed by atoms with Crippen molar-refractivity contribution < 1.29 is 19.1 Å². The summed E-state index contributed by atoms with van der Waals surface area (Å²) in [5.74, 6) is 0.453. The molecule has 0 amide bonds. The molecule has 5 aromatic rings. The van der Waals surface area contributed by atoms with E-state index >= 15 is 0 Å². The molecule has 212 valence electrons. The normalized spacial score (nSPS) is 11.6. The first kappa shape index (κ1) is 28.5. The number of imidazole rings is 1. The highest BCUT2D eigenvalue weighted by Crippen LogP contribution is 2.36. The number of nitrogens with zero attached hydrogens (tertiary/aromatic N) is 5. The quantitative estimate of drug-likeness (QED) is 0.123. The maximum absolute atomic E-state index is 13.1. The second-order valence-electron chi connectivity index (χ2n) is 10.3. The summed E-state index contributed by atoms with van der Waals surface area (Å²) in [7, 11) is 0. The topological polar surface area (TPSA) is 125 Å². The Labute approximate surface area is 245 Å². The molecule has 0 spiro atoms. The molecule has 0 aliphatic carbocycles. The number of carbonyl (C=O) groups is 2. The number of aromatic amines is 1. The second kappa shape index (κ2) is 11.8. The fraction of sp³-hybridized carbons (Fsp3) is 0.310. The lowest BCUT2D eigenvalue weighted by atomic mass is 9.98. The highest BCUT2D eigenvalue weighted by atomic mass is 32.2. The fourth-order valence-corrected chi connectivity index (χ4v) is 6.00. The molecular weight excluding hydrogens is 560 g/mol. The molecule has 3 heterocycles. The number of ether oxygens (including phenoxy) is 2. The molecule has 2 aromatic carbocycles. The van der Waals surface area contributed by atoms with Crippen LogP contribution in [0.4, 0.5) is 0 Å². The Kier molecular flexibility index (Phi) is 8.22. The summed E-state index contributed by atoms with van der Waals surface area (Å²) in [5, 5.41) is 15.1. The number of aryl methyl sites for hydroxylation is 1. The van der Waals surface area contributed by atoms with Gasteiger partial charge in [0.05, 0.1) is 17.5 Å². The molecule has 0 atom stereocenters. The van der Waals surface area contributed by atoms with Gasteiger partial charge in [-0.1, -0.05) is 67.2 Å². The summed E-state index contributed by atoms with van der Waals surface area (Å²) in [6.45, 7) is 9.32. The number of carbonyl (C=O) groups excluding carboxylic acids is 2. The fourth-order valence-electron chi connectivity index (χ4n) is 4.29. The van der Waals surface area contributed by atoms with Crippen molar-refractivity contribution in [1.82, 2.24) is 30.2 Å². The first-order valence-corrected chi connectivity index (χ1v) is 14.9. The number of rotatable bonds is 9. The van der Waals surface area contributed by atoms with Gasteiger partial charge in [-0.05, 0) is 60.6 Å². The van der Waals surface area contributed by atoms with Crippen LogP contribution in [0.15, 0.2) is 53.7 Å². The highest BCUT2D eigenvalue weighted by Gasteiger charge is 2.26. The van der Waals surface area contributed by atoms with Gasteiger partial charge in [0, 0.05) is 10.4 Å². The summed E-state index contributed by atoms with van der Waals surface area (Å²) in [5.41, 5.74) is 4.81. The number of esters is 2. The van der Waals surface area contributed by atoms with Crippen LogP contribution in [0.25, 0.3) is 33.5 Å². The first-order valence-electron chi connectivity index (χ1n) is 13.1. The Hall–Kier alpha value is -4.03. The number of tetrazole rings is 1. The Morgan fingerprint density at radius 1 is 1.05 bits per heavy atom. The van der Waals surface area contributed by atoms with Crippen molar-refractivity contribution in [2.45, 2.75) is 46.3 Å². The molecule has 12 heteroatoms. The van der Waals surface area contributed by atoms with Crippen molar-refractivity contribution in [3.05, 3.63) is 63.8 Å². The largest absolute Gasteiger partial charge is 0.427 e. The van der Waals surface area contributed by atoms with Crippen molar-refractivity contribution in [2.75, 3.05) is 12.5 Å². The van der Waals surface area contributed by atoms with Gasteiger partial charge in [-0.15, -0.1) is 16.4 Å². The average Bonchev–Trinajstić information content (AvgIpc) is 3.68. The Morgan fingerprint density at radius 2 is 1.78 bits per heavy atom. The SMILES string of the molecule is CCSc1nc2c(C)sc(C(=O)OCOC(=O)C(C)(C)C)c2n1Cc1ccc(-c2ccccc2-c2nnn[nH]2)cc1. The number of thioether (sulfide) groups is 1. The molecule has 0 aliphatic heterocycles. The van der Waals surface area contributed by atoms with Crippen LogP contribution in [0.2, 0.25) is 0 Å². The maximum atomic E-state index is 13.1. The Bertz CT molecular complexity index is 1680. The van der Waals surface area contributed by atoms with Crippen LogP contribution in [0, 0.1) is 12.3 Å². The van der Waals surface area contributed by atoms with Gasteiger partial charge < -0.3 is 14.0 Å². The van der Waals surface area contributed by atoms with Gasteiger partial charge in [0.2, 0.25) is 6.79 Å². The number of hydrogen-bond donors (Lipinski definition) is 1. The van der Waals surface area contributed by atoms with E-state index < -0.39 is 24.1 Å². The minimum absolute atomic E-state index is 0.436.